The van der Waals surface area contributed by atoms with Gasteiger partial charge in [0, 0.05) is 13.6 Å². The predicted molar refractivity (Wildman–Crippen MR) is 122 cm³/mol. The fourth-order valence-electron chi connectivity index (χ4n) is 2.91. The Bertz CT molecular complexity index is 1120. The largest absolute Gasteiger partial charge is 0.494 e. The van der Waals surface area contributed by atoms with Crippen molar-refractivity contribution in [3.05, 3.63) is 81.2 Å². The standard InChI is InChI=1S/C23H21ClF2N2O3S/c1-14-12-20(27-22(29)18-9-6-16(26)13-19(18)24)32-21(14)23(30)28(2)10-3-11-31-17-7-4-15(25)5-8-17/h4-9,12-13H,3,10-11H2,1-2H3,(H,27,29). The van der Waals surface area contributed by atoms with Crippen LogP contribution in [-0.4, -0.2) is 36.9 Å². The van der Waals surface area contributed by atoms with Gasteiger partial charge in [-0.3, -0.25) is 9.59 Å². The molecule has 168 valence electrons. The molecule has 2 aromatic carbocycles. The van der Waals surface area contributed by atoms with E-state index in [1.165, 1.54) is 18.2 Å². The number of amides is 2. The van der Waals surface area contributed by atoms with Crippen molar-refractivity contribution in [3.63, 3.8) is 0 Å². The molecule has 0 aliphatic carbocycles. The molecule has 2 amide bonds. The Morgan fingerprint density at radius 3 is 2.47 bits per heavy atom. The smallest absolute Gasteiger partial charge is 0.264 e. The average Bonchev–Trinajstić information content (AvgIpc) is 3.11. The van der Waals surface area contributed by atoms with Crippen LogP contribution >= 0.6 is 22.9 Å². The second-order valence-electron chi connectivity index (χ2n) is 7.08. The predicted octanol–water partition coefficient (Wildman–Crippen LogP) is 5.78. The molecule has 0 unspecified atom stereocenters. The number of halogens is 3. The van der Waals surface area contributed by atoms with E-state index in [0.717, 1.165) is 29.0 Å². The van der Waals surface area contributed by atoms with Crippen molar-refractivity contribution in [2.24, 2.45) is 0 Å². The first-order chi connectivity index (χ1) is 15.2. The lowest BCUT2D eigenvalue weighted by atomic mass is 10.2. The van der Waals surface area contributed by atoms with Gasteiger partial charge >= 0.3 is 0 Å². The molecule has 3 rings (SSSR count). The number of benzene rings is 2. The van der Waals surface area contributed by atoms with Crippen molar-refractivity contribution >= 4 is 39.8 Å². The summed E-state index contributed by atoms with van der Waals surface area (Å²) in [4.78, 5) is 27.3. The quantitative estimate of drug-likeness (QED) is 0.417. The molecule has 0 spiro atoms. The highest BCUT2D eigenvalue weighted by Gasteiger charge is 2.19. The molecule has 0 atom stereocenters. The monoisotopic (exact) mass is 478 g/mol. The van der Waals surface area contributed by atoms with Crippen LogP contribution in [0.4, 0.5) is 13.8 Å². The number of nitrogens with zero attached hydrogens (tertiary/aromatic N) is 1. The Morgan fingerprint density at radius 2 is 1.78 bits per heavy atom. The highest BCUT2D eigenvalue weighted by molar-refractivity contribution is 7.18. The Kier molecular flexibility index (Phi) is 7.82. The van der Waals surface area contributed by atoms with Crippen LogP contribution in [0.1, 0.15) is 32.0 Å². The summed E-state index contributed by atoms with van der Waals surface area (Å²) in [7, 11) is 1.69. The molecule has 0 radical (unpaired) electrons. The molecule has 1 aromatic heterocycles. The number of thiophene rings is 1. The number of anilines is 1. The van der Waals surface area contributed by atoms with Crippen LogP contribution in [0.3, 0.4) is 0 Å². The summed E-state index contributed by atoms with van der Waals surface area (Å²) in [5, 5.41) is 3.20. The molecule has 0 saturated heterocycles. The molecule has 0 saturated carbocycles. The van der Waals surface area contributed by atoms with Crippen LogP contribution in [0.2, 0.25) is 5.02 Å². The highest BCUT2D eigenvalue weighted by Crippen LogP contribution is 2.29. The Hall–Kier alpha value is -2.97. The molecule has 3 aromatic rings. The molecular weight excluding hydrogens is 458 g/mol. The van der Waals surface area contributed by atoms with E-state index in [9.17, 15) is 18.4 Å². The van der Waals surface area contributed by atoms with Gasteiger partial charge in [0.15, 0.2) is 0 Å². The first-order valence-corrected chi connectivity index (χ1v) is 10.9. The zero-order chi connectivity index (χ0) is 23.3. The van der Waals surface area contributed by atoms with Gasteiger partial charge in [-0.15, -0.1) is 11.3 Å². The number of carbonyl (C=O) groups excluding carboxylic acids is 2. The number of rotatable bonds is 8. The normalized spacial score (nSPS) is 10.7. The minimum Gasteiger partial charge on any atom is -0.494 e. The van der Waals surface area contributed by atoms with Crippen molar-refractivity contribution in [3.8, 4) is 5.75 Å². The van der Waals surface area contributed by atoms with Crippen molar-refractivity contribution in [2.45, 2.75) is 13.3 Å². The first kappa shape index (κ1) is 23.7. The van der Waals surface area contributed by atoms with Gasteiger partial charge in [0.2, 0.25) is 0 Å². The van der Waals surface area contributed by atoms with Gasteiger partial charge in [-0.1, -0.05) is 11.6 Å². The zero-order valence-corrected chi connectivity index (χ0v) is 19.0. The van der Waals surface area contributed by atoms with Gasteiger partial charge in [-0.05, 0) is 67.4 Å². The van der Waals surface area contributed by atoms with Crippen molar-refractivity contribution in [2.75, 3.05) is 25.5 Å². The summed E-state index contributed by atoms with van der Waals surface area (Å²) >= 11 is 7.10. The molecular formula is C23H21ClF2N2O3S. The molecule has 9 heteroatoms. The number of ether oxygens (including phenoxy) is 1. The molecule has 0 fully saturated rings. The van der Waals surface area contributed by atoms with E-state index in [4.69, 9.17) is 16.3 Å². The molecule has 0 aliphatic heterocycles. The van der Waals surface area contributed by atoms with Crippen LogP contribution in [0.5, 0.6) is 5.75 Å². The lowest BCUT2D eigenvalue weighted by molar-refractivity contribution is 0.0791. The van der Waals surface area contributed by atoms with Crippen molar-refractivity contribution in [1.29, 1.82) is 0 Å². The van der Waals surface area contributed by atoms with Gasteiger partial charge < -0.3 is 15.0 Å². The number of nitrogens with one attached hydrogen (secondary N) is 1. The number of aryl methyl sites for hydroxylation is 1. The first-order valence-electron chi connectivity index (χ1n) is 9.75. The van der Waals surface area contributed by atoms with Crippen LogP contribution in [0.25, 0.3) is 0 Å². The van der Waals surface area contributed by atoms with Crippen LogP contribution in [0.15, 0.2) is 48.5 Å². The van der Waals surface area contributed by atoms with Crippen LogP contribution in [-0.2, 0) is 0 Å². The zero-order valence-electron chi connectivity index (χ0n) is 17.5. The molecule has 1 N–H and O–H groups in total. The Balaban J connectivity index is 1.55. The van der Waals surface area contributed by atoms with E-state index in [0.29, 0.717) is 35.2 Å². The summed E-state index contributed by atoms with van der Waals surface area (Å²) < 4.78 is 31.6. The maximum Gasteiger partial charge on any atom is 0.264 e. The van der Waals surface area contributed by atoms with Crippen LogP contribution in [0, 0.1) is 18.6 Å². The third kappa shape index (κ3) is 6.05. The topological polar surface area (TPSA) is 58.6 Å². The Labute approximate surface area is 193 Å². The second-order valence-corrected chi connectivity index (χ2v) is 8.54. The van der Waals surface area contributed by atoms with E-state index in [1.807, 2.05) is 0 Å². The summed E-state index contributed by atoms with van der Waals surface area (Å²) in [5.41, 5.74) is 0.875. The van der Waals surface area contributed by atoms with E-state index < -0.39 is 11.7 Å². The van der Waals surface area contributed by atoms with Gasteiger partial charge in [-0.25, -0.2) is 8.78 Å². The fraction of sp³-hybridized carbons (Fsp3) is 0.217. The lowest BCUT2D eigenvalue weighted by Gasteiger charge is -2.17. The SMILES string of the molecule is Cc1cc(NC(=O)c2ccc(F)cc2Cl)sc1C(=O)N(C)CCCOc1ccc(F)cc1. The molecule has 0 aliphatic rings. The summed E-state index contributed by atoms with van der Waals surface area (Å²) in [6.07, 6.45) is 0.594. The average molecular weight is 479 g/mol. The van der Waals surface area contributed by atoms with Gasteiger partial charge in [0.05, 0.1) is 27.1 Å². The molecule has 1 heterocycles. The summed E-state index contributed by atoms with van der Waals surface area (Å²) in [6.45, 7) is 2.63. The lowest BCUT2D eigenvalue weighted by Crippen LogP contribution is -2.28. The number of hydrogen-bond donors (Lipinski definition) is 1. The fourth-order valence-corrected chi connectivity index (χ4v) is 4.22. The van der Waals surface area contributed by atoms with E-state index >= 15 is 0 Å². The van der Waals surface area contributed by atoms with Crippen molar-refractivity contribution < 1.29 is 23.1 Å². The minimum atomic E-state index is -0.530. The highest BCUT2D eigenvalue weighted by atomic mass is 35.5. The maximum absolute atomic E-state index is 13.2. The van der Waals surface area contributed by atoms with Gasteiger partial charge in [-0.2, -0.15) is 0 Å². The maximum atomic E-state index is 13.2. The summed E-state index contributed by atoms with van der Waals surface area (Å²) in [5.74, 6) is -0.949. The molecule has 32 heavy (non-hydrogen) atoms. The molecule has 5 nitrogen and oxygen atoms in total. The molecule has 0 bridgehead atoms. The van der Waals surface area contributed by atoms with E-state index in [2.05, 4.69) is 5.32 Å². The van der Waals surface area contributed by atoms with E-state index in [-0.39, 0.29) is 22.3 Å². The third-order valence-electron chi connectivity index (χ3n) is 4.59. The van der Waals surface area contributed by atoms with Crippen molar-refractivity contribution in [1.82, 2.24) is 4.90 Å². The van der Waals surface area contributed by atoms with Gasteiger partial charge in [0.1, 0.15) is 17.4 Å². The second kappa shape index (κ2) is 10.6. The Morgan fingerprint density at radius 1 is 1.09 bits per heavy atom. The third-order valence-corrected chi connectivity index (χ3v) is 6.04. The van der Waals surface area contributed by atoms with Crippen LogP contribution < -0.4 is 10.1 Å². The minimum absolute atomic E-state index is 0.00895. The van der Waals surface area contributed by atoms with E-state index in [1.54, 1.807) is 37.1 Å². The number of carbonyl (C=O) groups is 2. The van der Waals surface area contributed by atoms with Gasteiger partial charge in [0.25, 0.3) is 11.8 Å². The summed E-state index contributed by atoms with van der Waals surface area (Å²) in [6, 6.07) is 11.0. The number of hydrogen-bond acceptors (Lipinski definition) is 4.